The van der Waals surface area contributed by atoms with Crippen LogP contribution in [0.3, 0.4) is 0 Å². The summed E-state index contributed by atoms with van der Waals surface area (Å²) in [4.78, 5) is 25.4. The van der Waals surface area contributed by atoms with Gasteiger partial charge in [-0.25, -0.2) is 4.39 Å². The van der Waals surface area contributed by atoms with Gasteiger partial charge in [0.1, 0.15) is 0 Å². The van der Waals surface area contributed by atoms with E-state index in [1.165, 1.54) is 10.6 Å². The molecule has 0 aliphatic carbocycles. The highest BCUT2D eigenvalue weighted by molar-refractivity contribution is 6.05. The van der Waals surface area contributed by atoms with Gasteiger partial charge in [-0.15, -0.1) is 0 Å². The first-order chi connectivity index (χ1) is 13.7. The van der Waals surface area contributed by atoms with Crippen molar-refractivity contribution in [1.82, 2.24) is 4.57 Å². The molecule has 5 nitrogen and oxygen atoms in total. The number of carboxylic acid groups (broad SMARTS) is 1. The van der Waals surface area contributed by atoms with Crippen molar-refractivity contribution in [3.8, 4) is 5.75 Å². The zero-order valence-electron chi connectivity index (χ0n) is 16.9. The van der Waals surface area contributed by atoms with E-state index in [1.54, 1.807) is 31.2 Å². The van der Waals surface area contributed by atoms with Gasteiger partial charge in [-0.05, 0) is 43.5 Å². The van der Waals surface area contributed by atoms with Crippen LogP contribution in [0.15, 0.2) is 36.4 Å². The van der Waals surface area contributed by atoms with E-state index in [4.69, 9.17) is 0 Å². The Morgan fingerprint density at radius 2 is 1.76 bits per heavy atom. The molecule has 1 heterocycles. The Bertz CT molecular complexity index is 1100. The third-order valence-corrected chi connectivity index (χ3v) is 5.61. The van der Waals surface area contributed by atoms with Crippen molar-refractivity contribution < 1.29 is 24.2 Å². The molecule has 0 fully saturated rings. The molecule has 0 aliphatic rings. The maximum Gasteiger partial charge on any atom is 0.311 e. The van der Waals surface area contributed by atoms with E-state index in [9.17, 15) is 24.2 Å². The molecule has 0 saturated carbocycles. The quantitative estimate of drug-likeness (QED) is 0.635. The number of carboxylic acids is 1. The van der Waals surface area contributed by atoms with Gasteiger partial charge in [0, 0.05) is 22.7 Å². The number of aliphatic carboxylic acids is 1. The molecule has 2 atom stereocenters. The highest BCUT2D eigenvalue weighted by Crippen LogP contribution is 2.39. The molecule has 0 amide bonds. The number of benzene rings is 2. The first-order valence-corrected chi connectivity index (χ1v) is 9.54. The number of nitrogens with zero attached hydrogens (tertiary/aromatic N) is 1. The van der Waals surface area contributed by atoms with Gasteiger partial charge in [-0.2, -0.15) is 0 Å². The van der Waals surface area contributed by atoms with Gasteiger partial charge in [0.15, 0.2) is 11.6 Å². The third kappa shape index (κ3) is 3.50. The number of hydrogen-bond donors (Lipinski definition) is 2. The molecule has 0 saturated heterocycles. The normalized spacial score (nSPS) is 13.4. The number of phenols is 1. The number of rotatable bonds is 5. The van der Waals surface area contributed by atoms with Gasteiger partial charge in [0.2, 0.25) is 0 Å². The Kier molecular flexibility index (Phi) is 5.46. The minimum atomic E-state index is -1.02. The lowest BCUT2D eigenvalue weighted by Gasteiger charge is -2.20. The number of carbonyl (C=O) groups excluding carboxylic acids is 1. The Morgan fingerprint density at radius 3 is 2.31 bits per heavy atom. The standard InChI is InChI=1S/C23H24FNO4/c1-5-13(3)20(23(28)29)21-14(4)25(18-11-17(24)19(26)10-16(18)21)22(27)15-8-6-12(2)7-9-15/h6-11,13,20,26H,5H2,1-4H3,(H,28,29)/t13?,20-/m1/s1. The smallest absolute Gasteiger partial charge is 0.311 e. The third-order valence-electron chi connectivity index (χ3n) is 5.61. The number of carbonyl (C=O) groups is 2. The first kappa shape index (κ1) is 20.6. The van der Waals surface area contributed by atoms with E-state index in [1.807, 2.05) is 20.8 Å². The van der Waals surface area contributed by atoms with Crippen LogP contribution in [0.5, 0.6) is 5.75 Å². The summed E-state index contributed by atoms with van der Waals surface area (Å²) in [6.45, 7) is 7.29. The molecule has 6 heteroatoms. The molecule has 2 aromatic carbocycles. The monoisotopic (exact) mass is 397 g/mol. The largest absolute Gasteiger partial charge is 0.505 e. The minimum absolute atomic E-state index is 0.216. The summed E-state index contributed by atoms with van der Waals surface area (Å²) in [5.74, 6) is -3.95. The van der Waals surface area contributed by atoms with Crippen LogP contribution < -0.4 is 0 Å². The predicted octanol–water partition coefficient (Wildman–Crippen LogP) is 5.01. The molecule has 0 bridgehead atoms. The average molecular weight is 397 g/mol. The SMILES string of the molecule is CCC(C)[C@@H](C(=O)O)c1c(C)n(C(=O)c2ccc(C)cc2)c2cc(F)c(O)cc12. The number of fused-ring (bicyclic) bond motifs is 1. The number of aryl methyl sites for hydroxylation is 1. The van der Waals surface area contributed by atoms with E-state index >= 15 is 0 Å². The van der Waals surface area contributed by atoms with Gasteiger partial charge in [0.05, 0.1) is 11.4 Å². The summed E-state index contributed by atoms with van der Waals surface area (Å²) in [6, 6.07) is 9.28. The fraction of sp³-hybridized carbons (Fsp3) is 0.304. The van der Waals surface area contributed by atoms with Crippen LogP contribution in [-0.2, 0) is 4.79 Å². The molecule has 2 N–H and O–H groups in total. The summed E-state index contributed by atoms with van der Waals surface area (Å²) < 4.78 is 15.5. The van der Waals surface area contributed by atoms with Crippen LogP contribution in [-0.4, -0.2) is 26.7 Å². The Hall–Kier alpha value is -3.15. The van der Waals surface area contributed by atoms with Gasteiger partial charge in [-0.1, -0.05) is 38.0 Å². The molecule has 29 heavy (non-hydrogen) atoms. The second-order valence-electron chi connectivity index (χ2n) is 7.53. The zero-order valence-corrected chi connectivity index (χ0v) is 16.9. The van der Waals surface area contributed by atoms with E-state index in [0.29, 0.717) is 28.6 Å². The average Bonchev–Trinajstić information content (AvgIpc) is 2.93. The molecular formula is C23H24FNO4. The van der Waals surface area contributed by atoms with Crippen molar-refractivity contribution in [1.29, 1.82) is 0 Å². The highest BCUT2D eigenvalue weighted by Gasteiger charge is 2.33. The van der Waals surface area contributed by atoms with Crippen molar-refractivity contribution in [2.75, 3.05) is 0 Å². The summed E-state index contributed by atoms with van der Waals surface area (Å²) in [7, 11) is 0. The van der Waals surface area contributed by atoms with Crippen molar-refractivity contribution >= 4 is 22.8 Å². The molecule has 1 aromatic heterocycles. The maximum absolute atomic E-state index is 14.2. The molecule has 152 valence electrons. The minimum Gasteiger partial charge on any atom is -0.505 e. The summed E-state index contributed by atoms with van der Waals surface area (Å²) in [5, 5.41) is 20.2. The predicted molar refractivity (Wildman–Crippen MR) is 109 cm³/mol. The van der Waals surface area contributed by atoms with Crippen LogP contribution in [0.4, 0.5) is 4.39 Å². The Labute approximate surface area is 168 Å². The number of aromatic nitrogens is 1. The van der Waals surface area contributed by atoms with Gasteiger partial charge in [0.25, 0.3) is 5.91 Å². The van der Waals surface area contributed by atoms with E-state index in [2.05, 4.69) is 0 Å². The Balaban J connectivity index is 2.35. The molecule has 0 radical (unpaired) electrons. The molecule has 0 spiro atoms. The van der Waals surface area contributed by atoms with Crippen LogP contribution in [0, 0.1) is 25.6 Å². The number of hydrogen-bond acceptors (Lipinski definition) is 3. The van der Waals surface area contributed by atoms with Crippen LogP contribution in [0.25, 0.3) is 10.9 Å². The van der Waals surface area contributed by atoms with Crippen molar-refractivity contribution in [3.63, 3.8) is 0 Å². The van der Waals surface area contributed by atoms with Crippen molar-refractivity contribution in [3.05, 3.63) is 64.6 Å². The van der Waals surface area contributed by atoms with Crippen molar-refractivity contribution in [2.45, 2.75) is 40.0 Å². The molecule has 3 aromatic rings. The van der Waals surface area contributed by atoms with E-state index in [0.717, 1.165) is 11.6 Å². The number of phenolic OH excluding ortho intramolecular Hbond substituents is 1. The van der Waals surface area contributed by atoms with Gasteiger partial charge in [-0.3, -0.25) is 14.2 Å². The lowest BCUT2D eigenvalue weighted by Crippen LogP contribution is -2.21. The second kappa shape index (κ2) is 7.70. The molecular weight excluding hydrogens is 373 g/mol. The fourth-order valence-electron chi connectivity index (χ4n) is 3.81. The number of aromatic hydroxyl groups is 1. The summed E-state index contributed by atoms with van der Waals surface area (Å²) in [6.07, 6.45) is 0.613. The van der Waals surface area contributed by atoms with Crippen LogP contribution in [0.2, 0.25) is 0 Å². The fourth-order valence-corrected chi connectivity index (χ4v) is 3.81. The lowest BCUT2D eigenvalue weighted by atomic mass is 9.84. The summed E-state index contributed by atoms with van der Waals surface area (Å²) in [5.41, 5.74) is 2.51. The summed E-state index contributed by atoms with van der Waals surface area (Å²) >= 11 is 0. The van der Waals surface area contributed by atoms with Crippen molar-refractivity contribution in [2.24, 2.45) is 5.92 Å². The van der Waals surface area contributed by atoms with Crippen LogP contribution >= 0.6 is 0 Å². The van der Waals surface area contributed by atoms with Crippen LogP contribution in [0.1, 0.15) is 53.4 Å². The first-order valence-electron chi connectivity index (χ1n) is 9.54. The molecule has 1 unspecified atom stereocenters. The lowest BCUT2D eigenvalue weighted by molar-refractivity contribution is -0.140. The van der Waals surface area contributed by atoms with E-state index in [-0.39, 0.29) is 17.3 Å². The van der Waals surface area contributed by atoms with E-state index < -0.39 is 23.5 Å². The van der Waals surface area contributed by atoms with Gasteiger partial charge >= 0.3 is 5.97 Å². The topological polar surface area (TPSA) is 79.5 Å². The van der Waals surface area contributed by atoms with Gasteiger partial charge < -0.3 is 10.2 Å². The zero-order chi connectivity index (χ0) is 21.5. The number of halogens is 1. The molecule has 0 aliphatic heterocycles. The maximum atomic E-state index is 14.2. The molecule has 3 rings (SSSR count). The Morgan fingerprint density at radius 1 is 1.14 bits per heavy atom. The highest BCUT2D eigenvalue weighted by atomic mass is 19.1. The second-order valence-corrected chi connectivity index (χ2v) is 7.53.